The van der Waals surface area contributed by atoms with Crippen molar-refractivity contribution >= 4 is 11.9 Å². The van der Waals surface area contributed by atoms with Crippen molar-refractivity contribution in [3.05, 3.63) is 29.8 Å². The van der Waals surface area contributed by atoms with Crippen LogP contribution in [0.1, 0.15) is 33.3 Å². The second-order valence-corrected chi connectivity index (χ2v) is 6.68. The third kappa shape index (κ3) is 11.0. The molecule has 0 amide bonds. The number of rotatable bonds is 7. The SMILES string of the molecule is CCNC(=NCc1ccc(OCC(F)(F)F)cc1)NCC(=O)OC(C)(C)C. The van der Waals surface area contributed by atoms with Gasteiger partial charge in [0.05, 0.1) is 6.54 Å². The van der Waals surface area contributed by atoms with E-state index >= 15 is 0 Å². The van der Waals surface area contributed by atoms with Gasteiger partial charge in [0, 0.05) is 6.54 Å². The van der Waals surface area contributed by atoms with Crippen LogP contribution >= 0.6 is 0 Å². The Kier molecular flexibility index (Phi) is 8.39. The first-order valence-electron chi connectivity index (χ1n) is 8.51. The lowest BCUT2D eigenvalue weighted by Gasteiger charge is -2.20. The standard InChI is InChI=1S/C18H26F3N3O3/c1-5-22-16(24-11-15(25)27-17(2,3)4)23-10-13-6-8-14(9-7-13)26-12-18(19,20)21/h6-9H,5,10-12H2,1-4H3,(H2,22,23,24). The molecule has 27 heavy (non-hydrogen) atoms. The number of ether oxygens (including phenoxy) is 2. The third-order valence-electron chi connectivity index (χ3n) is 2.91. The lowest BCUT2D eigenvalue weighted by Crippen LogP contribution is -2.41. The summed E-state index contributed by atoms with van der Waals surface area (Å²) in [7, 11) is 0. The first kappa shape index (κ1) is 22.6. The number of aliphatic imine (C=N–C) groups is 1. The minimum Gasteiger partial charge on any atom is -0.484 e. The summed E-state index contributed by atoms with van der Waals surface area (Å²) in [5, 5.41) is 5.88. The van der Waals surface area contributed by atoms with Crippen LogP contribution < -0.4 is 15.4 Å². The molecule has 152 valence electrons. The number of nitrogens with zero attached hydrogens (tertiary/aromatic N) is 1. The highest BCUT2D eigenvalue weighted by Gasteiger charge is 2.28. The first-order chi connectivity index (χ1) is 12.5. The Labute approximate surface area is 157 Å². The van der Waals surface area contributed by atoms with Gasteiger partial charge in [-0.05, 0) is 45.4 Å². The van der Waals surface area contributed by atoms with E-state index in [1.165, 1.54) is 12.1 Å². The number of alkyl halides is 3. The molecule has 6 nitrogen and oxygen atoms in total. The van der Waals surface area contributed by atoms with Crippen LogP contribution in [0.4, 0.5) is 13.2 Å². The molecule has 0 saturated heterocycles. The van der Waals surface area contributed by atoms with Gasteiger partial charge >= 0.3 is 12.1 Å². The average Bonchev–Trinajstić information content (AvgIpc) is 2.54. The monoisotopic (exact) mass is 389 g/mol. The smallest absolute Gasteiger partial charge is 0.422 e. The molecule has 0 aromatic heterocycles. The summed E-state index contributed by atoms with van der Waals surface area (Å²) < 4.78 is 46.3. The van der Waals surface area contributed by atoms with Gasteiger partial charge in [-0.25, -0.2) is 4.99 Å². The fourth-order valence-electron chi connectivity index (χ4n) is 1.90. The molecule has 0 bridgehead atoms. The maximum atomic E-state index is 12.1. The minimum absolute atomic E-state index is 0.0344. The topological polar surface area (TPSA) is 72.0 Å². The number of halogens is 3. The van der Waals surface area contributed by atoms with Crippen LogP contribution in [0.3, 0.4) is 0 Å². The number of nitrogens with one attached hydrogen (secondary N) is 2. The molecule has 0 saturated carbocycles. The summed E-state index contributed by atoms with van der Waals surface area (Å²) in [5.74, 6) is 0.162. The van der Waals surface area contributed by atoms with Crippen molar-refractivity contribution in [2.75, 3.05) is 19.7 Å². The normalized spacial score (nSPS) is 12.5. The molecule has 0 aliphatic rings. The molecular formula is C18H26F3N3O3. The molecule has 0 heterocycles. The van der Waals surface area contributed by atoms with Gasteiger partial charge in [0.15, 0.2) is 12.6 Å². The molecule has 0 aliphatic carbocycles. The fourth-order valence-corrected chi connectivity index (χ4v) is 1.90. The van der Waals surface area contributed by atoms with E-state index in [2.05, 4.69) is 20.4 Å². The summed E-state index contributed by atoms with van der Waals surface area (Å²) in [4.78, 5) is 16.1. The second kappa shape index (κ2) is 10.0. The van der Waals surface area contributed by atoms with E-state index in [0.717, 1.165) is 5.56 Å². The Morgan fingerprint density at radius 1 is 1.11 bits per heavy atom. The zero-order valence-electron chi connectivity index (χ0n) is 15.9. The van der Waals surface area contributed by atoms with Crippen LogP contribution in [-0.2, 0) is 16.1 Å². The Bertz CT molecular complexity index is 623. The molecule has 9 heteroatoms. The minimum atomic E-state index is -4.37. The Balaban J connectivity index is 2.58. The van der Waals surface area contributed by atoms with Crippen molar-refractivity contribution in [2.24, 2.45) is 4.99 Å². The van der Waals surface area contributed by atoms with Gasteiger partial charge in [-0.1, -0.05) is 12.1 Å². The van der Waals surface area contributed by atoms with Gasteiger partial charge in [0.25, 0.3) is 0 Å². The van der Waals surface area contributed by atoms with Crippen molar-refractivity contribution in [3.63, 3.8) is 0 Å². The van der Waals surface area contributed by atoms with E-state index in [1.54, 1.807) is 32.9 Å². The van der Waals surface area contributed by atoms with Gasteiger partial charge < -0.3 is 20.1 Å². The van der Waals surface area contributed by atoms with Crippen LogP contribution in [0.2, 0.25) is 0 Å². The van der Waals surface area contributed by atoms with Crippen molar-refractivity contribution in [2.45, 2.75) is 46.0 Å². The molecule has 0 spiro atoms. The molecule has 1 rings (SSSR count). The molecule has 0 aliphatic heterocycles. The van der Waals surface area contributed by atoms with Crippen LogP contribution in [-0.4, -0.2) is 43.4 Å². The van der Waals surface area contributed by atoms with Crippen molar-refractivity contribution in [1.29, 1.82) is 0 Å². The Hall–Kier alpha value is -2.45. The quantitative estimate of drug-likeness (QED) is 0.426. The zero-order valence-corrected chi connectivity index (χ0v) is 15.9. The van der Waals surface area contributed by atoms with E-state index in [4.69, 9.17) is 4.74 Å². The van der Waals surface area contributed by atoms with E-state index in [-0.39, 0.29) is 18.8 Å². The number of hydrogen-bond donors (Lipinski definition) is 2. The molecule has 0 unspecified atom stereocenters. The van der Waals surface area contributed by atoms with Crippen LogP contribution in [0, 0.1) is 0 Å². The van der Waals surface area contributed by atoms with E-state index in [0.29, 0.717) is 12.5 Å². The van der Waals surface area contributed by atoms with Crippen molar-refractivity contribution in [3.8, 4) is 5.75 Å². The van der Waals surface area contributed by atoms with Gasteiger partial charge in [-0.3, -0.25) is 4.79 Å². The number of benzene rings is 1. The summed E-state index contributed by atoms with van der Waals surface area (Å²) in [6.45, 7) is 6.76. The Morgan fingerprint density at radius 2 is 1.74 bits per heavy atom. The van der Waals surface area contributed by atoms with Gasteiger partial charge in [-0.15, -0.1) is 0 Å². The highest BCUT2D eigenvalue weighted by atomic mass is 19.4. The summed E-state index contributed by atoms with van der Waals surface area (Å²) in [6.07, 6.45) is -4.37. The van der Waals surface area contributed by atoms with Crippen molar-refractivity contribution < 1.29 is 27.4 Å². The second-order valence-electron chi connectivity index (χ2n) is 6.68. The predicted octanol–water partition coefficient (Wildman–Crippen LogP) is 3.02. The summed E-state index contributed by atoms with van der Waals surface area (Å²) in [6, 6.07) is 6.18. The molecule has 0 radical (unpaired) electrons. The van der Waals surface area contributed by atoms with Crippen molar-refractivity contribution in [1.82, 2.24) is 10.6 Å². The number of carbonyl (C=O) groups is 1. The maximum absolute atomic E-state index is 12.1. The highest BCUT2D eigenvalue weighted by molar-refractivity contribution is 5.84. The van der Waals surface area contributed by atoms with E-state index in [9.17, 15) is 18.0 Å². The van der Waals surface area contributed by atoms with Gasteiger partial charge in [0.1, 0.15) is 17.9 Å². The Morgan fingerprint density at radius 3 is 2.26 bits per heavy atom. The first-order valence-corrected chi connectivity index (χ1v) is 8.51. The van der Waals surface area contributed by atoms with Gasteiger partial charge in [0.2, 0.25) is 0 Å². The predicted molar refractivity (Wildman–Crippen MR) is 96.7 cm³/mol. The fraction of sp³-hybridized carbons (Fsp3) is 0.556. The molecule has 2 N–H and O–H groups in total. The summed E-state index contributed by atoms with van der Waals surface area (Å²) in [5.41, 5.74) is 0.216. The molecule has 0 atom stereocenters. The lowest BCUT2D eigenvalue weighted by molar-refractivity contribution is -0.154. The number of guanidine groups is 1. The zero-order chi connectivity index (χ0) is 20.5. The van der Waals surface area contributed by atoms with Gasteiger partial charge in [-0.2, -0.15) is 13.2 Å². The van der Waals surface area contributed by atoms with Crippen LogP contribution in [0.5, 0.6) is 5.75 Å². The molecule has 1 aromatic rings. The highest BCUT2D eigenvalue weighted by Crippen LogP contribution is 2.19. The number of hydrogen-bond acceptors (Lipinski definition) is 4. The largest absolute Gasteiger partial charge is 0.484 e. The molecule has 1 aromatic carbocycles. The third-order valence-corrected chi connectivity index (χ3v) is 2.91. The van der Waals surface area contributed by atoms with Crippen LogP contribution in [0.15, 0.2) is 29.3 Å². The van der Waals surface area contributed by atoms with E-state index < -0.39 is 24.4 Å². The number of esters is 1. The molecular weight excluding hydrogens is 363 g/mol. The van der Waals surface area contributed by atoms with E-state index in [1.807, 2.05) is 6.92 Å². The lowest BCUT2D eigenvalue weighted by atomic mass is 10.2. The number of carbonyl (C=O) groups excluding carboxylic acids is 1. The molecule has 0 fully saturated rings. The maximum Gasteiger partial charge on any atom is 0.422 e. The summed E-state index contributed by atoms with van der Waals surface area (Å²) >= 11 is 0. The van der Waals surface area contributed by atoms with Crippen LogP contribution in [0.25, 0.3) is 0 Å². The average molecular weight is 389 g/mol.